The molecule has 0 unspecified atom stereocenters. The molecule has 4 aromatic rings. The van der Waals surface area contributed by atoms with E-state index in [2.05, 4.69) is 45.4 Å². The molecular weight excluding hydrogens is 372 g/mol. The molecule has 0 bridgehead atoms. The summed E-state index contributed by atoms with van der Waals surface area (Å²) in [6, 6.07) is 14.4. The van der Waals surface area contributed by atoms with Crippen molar-refractivity contribution in [3.05, 3.63) is 53.5 Å². The van der Waals surface area contributed by atoms with Gasteiger partial charge in [0.2, 0.25) is 0 Å². The lowest BCUT2D eigenvalue weighted by Gasteiger charge is -2.28. The van der Waals surface area contributed by atoms with Crippen molar-refractivity contribution in [1.82, 2.24) is 15.2 Å². The van der Waals surface area contributed by atoms with Gasteiger partial charge >= 0.3 is 0 Å². The minimum atomic E-state index is 0.0589. The van der Waals surface area contributed by atoms with Gasteiger partial charge in [-0.15, -0.1) is 11.3 Å². The Morgan fingerprint density at radius 3 is 2.75 bits per heavy atom. The van der Waals surface area contributed by atoms with Crippen LogP contribution in [0.3, 0.4) is 0 Å². The summed E-state index contributed by atoms with van der Waals surface area (Å²) in [6.45, 7) is 3.15. The minimum Gasteiger partial charge on any atom is -0.391 e. The van der Waals surface area contributed by atoms with Gasteiger partial charge in [0, 0.05) is 45.6 Å². The van der Waals surface area contributed by atoms with Crippen LogP contribution in [0, 0.1) is 0 Å². The van der Waals surface area contributed by atoms with E-state index in [1.54, 1.807) is 17.5 Å². The van der Waals surface area contributed by atoms with Gasteiger partial charge in [-0.3, -0.25) is 5.10 Å². The Bertz CT molecular complexity index is 1100. The number of aliphatic hydroxyl groups is 1. The number of pyridine rings is 1. The maximum absolute atomic E-state index is 9.50. The number of morpholine rings is 1. The number of nitrogens with one attached hydrogen (secondary N) is 1. The van der Waals surface area contributed by atoms with Crippen molar-refractivity contribution < 1.29 is 9.84 Å². The lowest BCUT2D eigenvalue weighted by molar-refractivity contribution is 0.122. The van der Waals surface area contributed by atoms with Crippen molar-refractivity contribution in [2.24, 2.45) is 0 Å². The van der Waals surface area contributed by atoms with E-state index in [-0.39, 0.29) is 6.61 Å². The average molecular weight is 392 g/mol. The van der Waals surface area contributed by atoms with Crippen LogP contribution in [0.5, 0.6) is 0 Å². The minimum absolute atomic E-state index is 0.0589. The van der Waals surface area contributed by atoms with E-state index in [0.29, 0.717) is 13.2 Å². The topological polar surface area (TPSA) is 74.3 Å². The van der Waals surface area contributed by atoms with Gasteiger partial charge in [0.25, 0.3) is 0 Å². The SMILES string of the molecule is OCc1ccc(-c2cc(N3CCOCC3)nc3c(-c4ccn[nH]4)cccc23)s1. The molecule has 7 heteroatoms. The van der Waals surface area contributed by atoms with Gasteiger partial charge in [-0.2, -0.15) is 5.10 Å². The van der Waals surface area contributed by atoms with E-state index in [9.17, 15) is 5.11 Å². The van der Waals surface area contributed by atoms with Crippen molar-refractivity contribution in [3.8, 4) is 21.7 Å². The van der Waals surface area contributed by atoms with Crippen LogP contribution in [0.25, 0.3) is 32.6 Å². The van der Waals surface area contributed by atoms with Gasteiger partial charge in [0.15, 0.2) is 0 Å². The Labute approximate surface area is 166 Å². The van der Waals surface area contributed by atoms with Gasteiger partial charge in [0.1, 0.15) is 5.82 Å². The molecule has 2 N–H and O–H groups in total. The quantitative estimate of drug-likeness (QED) is 0.554. The van der Waals surface area contributed by atoms with Crippen LogP contribution in [0.1, 0.15) is 4.88 Å². The zero-order valence-electron chi connectivity index (χ0n) is 15.3. The average Bonchev–Trinajstić information content (AvgIpc) is 3.45. The molecule has 1 aliphatic heterocycles. The third-order valence-electron chi connectivity index (χ3n) is 5.03. The predicted octanol–water partition coefficient (Wildman–Crippen LogP) is 3.68. The van der Waals surface area contributed by atoms with Gasteiger partial charge in [-0.1, -0.05) is 18.2 Å². The van der Waals surface area contributed by atoms with Gasteiger partial charge in [-0.25, -0.2) is 4.98 Å². The first-order valence-electron chi connectivity index (χ1n) is 9.29. The molecule has 1 saturated heterocycles. The van der Waals surface area contributed by atoms with E-state index >= 15 is 0 Å². The number of para-hydroxylation sites is 1. The molecule has 0 radical (unpaired) electrons. The first-order chi connectivity index (χ1) is 13.8. The third-order valence-corrected chi connectivity index (χ3v) is 6.14. The van der Waals surface area contributed by atoms with Crippen molar-refractivity contribution in [1.29, 1.82) is 0 Å². The molecule has 0 amide bonds. The molecular formula is C21H20N4O2S. The highest BCUT2D eigenvalue weighted by molar-refractivity contribution is 7.15. The fourth-order valence-electron chi connectivity index (χ4n) is 3.62. The van der Waals surface area contributed by atoms with Crippen LogP contribution in [0.15, 0.2) is 48.7 Å². The summed E-state index contributed by atoms with van der Waals surface area (Å²) >= 11 is 1.62. The number of aromatic nitrogens is 3. The maximum Gasteiger partial charge on any atom is 0.130 e. The van der Waals surface area contributed by atoms with Crippen LogP contribution in [0.2, 0.25) is 0 Å². The number of fused-ring (bicyclic) bond motifs is 1. The fraction of sp³-hybridized carbons (Fsp3) is 0.238. The molecule has 142 valence electrons. The molecule has 1 fully saturated rings. The Kier molecular flexibility index (Phi) is 4.56. The highest BCUT2D eigenvalue weighted by atomic mass is 32.1. The van der Waals surface area contributed by atoms with E-state index in [4.69, 9.17) is 9.72 Å². The van der Waals surface area contributed by atoms with Crippen molar-refractivity contribution >= 4 is 28.1 Å². The standard InChI is InChI=1S/C21H20N4O2S/c26-13-14-4-5-19(28-14)17-12-20(25-8-10-27-11-9-25)23-21-15(17)2-1-3-16(21)18-6-7-22-24-18/h1-7,12,26H,8-11,13H2,(H,22,24). The van der Waals surface area contributed by atoms with Crippen molar-refractivity contribution in [2.75, 3.05) is 31.2 Å². The van der Waals surface area contributed by atoms with Crippen LogP contribution in [0.4, 0.5) is 5.82 Å². The zero-order chi connectivity index (χ0) is 18.9. The summed E-state index contributed by atoms with van der Waals surface area (Å²) in [5, 5.41) is 17.8. The number of aromatic amines is 1. The molecule has 3 aromatic heterocycles. The van der Waals surface area contributed by atoms with Crippen LogP contribution >= 0.6 is 11.3 Å². The predicted molar refractivity (Wildman–Crippen MR) is 112 cm³/mol. The van der Waals surface area contributed by atoms with E-state index in [1.807, 2.05) is 12.1 Å². The molecule has 0 spiro atoms. The number of hydrogen-bond acceptors (Lipinski definition) is 6. The maximum atomic E-state index is 9.50. The Morgan fingerprint density at radius 2 is 2.00 bits per heavy atom. The summed E-state index contributed by atoms with van der Waals surface area (Å²) in [4.78, 5) is 9.41. The number of thiophene rings is 1. The Morgan fingerprint density at radius 1 is 1.11 bits per heavy atom. The van der Waals surface area contributed by atoms with E-state index < -0.39 is 0 Å². The van der Waals surface area contributed by atoms with Crippen molar-refractivity contribution in [2.45, 2.75) is 6.61 Å². The zero-order valence-corrected chi connectivity index (χ0v) is 16.1. The summed E-state index contributed by atoms with van der Waals surface area (Å²) in [6.07, 6.45) is 1.76. The number of rotatable bonds is 4. The number of aliphatic hydroxyl groups excluding tert-OH is 1. The number of nitrogens with zero attached hydrogens (tertiary/aromatic N) is 3. The summed E-state index contributed by atoms with van der Waals surface area (Å²) in [5.41, 5.74) is 4.07. The monoisotopic (exact) mass is 392 g/mol. The fourth-order valence-corrected chi connectivity index (χ4v) is 4.52. The van der Waals surface area contributed by atoms with Crippen molar-refractivity contribution in [3.63, 3.8) is 0 Å². The molecule has 5 rings (SSSR count). The van der Waals surface area contributed by atoms with E-state index in [1.165, 1.54) is 0 Å². The second-order valence-electron chi connectivity index (χ2n) is 6.72. The molecule has 0 saturated carbocycles. The normalized spacial score (nSPS) is 14.7. The highest BCUT2D eigenvalue weighted by Crippen LogP contribution is 2.38. The Balaban J connectivity index is 1.75. The number of ether oxygens (including phenoxy) is 1. The van der Waals surface area contributed by atoms with Crippen LogP contribution < -0.4 is 4.90 Å². The van der Waals surface area contributed by atoms with Crippen LogP contribution in [-0.4, -0.2) is 46.6 Å². The highest BCUT2D eigenvalue weighted by Gasteiger charge is 2.18. The number of benzene rings is 1. The molecule has 6 nitrogen and oxygen atoms in total. The molecule has 1 aromatic carbocycles. The summed E-state index contributed by atoms with van der Waals surface area (Å²) in [5.74, 6) is 0.955. The molecule has 28 heavy (non-hydrogen) atoms. The number of H-pyrrole nitrogens is 1. The van der Waals surface area contributed by atoms with Gasteiger partial charge < -0.3 is 14.7 Å². The summed E-state index contributed by atoms with van der Waals surface area (Å²) < 4.78 is 5.52. The Hall–Kier alpha value is -2.74. The van der Waals surface area contributed by atoms with Gasteiger partial charge in [-0.05, 0) is 24.3 Å². The smallest absolute Gasteiger partial charge is 0.130 e. The molecule has 4 heterocycles. The number of anilines is 1. The van der Waals surface area contributed by atoms with E-state index in [0.717, 1.165) is 56.4 Å². The van der Waals surface area contributed by atoms with Crippen LogP contribution in [-0.2, 0) is 11.3 Å². The molecule has 1 aliphatic rings. The number of hydrogen-bond donors (Lipinski definition) is 2. The summed E-state index contributed by atoms with van der Waals surface area (Å²) in [7, 11) is 0. The second-order valence-corrected chi connectivity index (χ2v) is 7.89. The largest absolute Gasteiger partial charge is 0.391 e. The molecule has 0 aliphatic carbocycles. The lowest BCUT2D eigenvalue weighted by atomic mass is 10.0. The lowest BCUT2D eigenvalue weighted by Crippen LogP contribution is -2.36. The molecule has 0 atom stereocenters. The first-order valence-corrected chi connectivity index (χ1v) is 10.1. The third kappa shape index (κ3) is 3.07. The first kappa shape index (κ1) is 17.4. The second kappa shape index (κ2) is 7.35. The van der Waals surface area contributed by atoms with Gasteiger partial charge in [0.05, 0.1) is 31.0 Å².